The number of rotatable bonds is 3. The fraction of sp³-hybridized carbons (Fsp3) is 0.400. The molecule has 0 aromatic heterocycles. The summed E-state index contributed by atoms with van der Waals surface area (Å²) in [5.74, 6) is -1.88. The van der Waals surface area contributed by atoms with Crippen LogP contribution in [0.25, 0.3) is 4.85 Å². The Kier molecular flexibility index (Phi) is 3.80. The molecule has 6 heteroatoms. The average molecular weight is 158 g/mol. The minimum atomic E-state index is -1.47. The molecule has 1 atom stereocenters. The molecule has 0 fully saturated rings. The van der Waals surface area contributed by atoms with E-state index in [1.807, 2.05) is 0 Å². The molecule has 0 radical (unpaired) electrons. The van der Waals surface area contributed by atoms with Crippen LogP contribution in [-0.2, 0) is 14.3 Å². The second kappa shape index (κ2) is 4.38. The van der Waals surface area contributed by atoms with Gasteiger partial charge >= 0.3 is 11.9 Å². The molecule has 0 aromatic carbocycles. The summed E-state index contributed by atoms with van der Waals surface area (Å²) in [4.78, 5) is 23.7. The second-order valence-electron chi connectivity index (χ2n) is 1.58. The molecule has 0 saturated carbocycles. The Morgan fingerprint density at radius 3 is 2.55 bits per heavy atom. The molecule has 60 valence electrons. The van der Waals surface area contributed by atoms with Crippen molar-refractivity contribution < 1.29 is 14.3 Å². The van der Waals surface area contributed by atoms with Gasteiger partial charge in [-0.3, -0.25) is 5.73 Å². The van der Waals surface area contributed by atoms with E-state index in [2.05, 4.69) is 16.2 Å². The third-order valence-electron chi connectivity index (χ3n) is 0.873. The predicted octanol–water partition coefficient (Wildman–Crippen LogP) is -1.74. The number of nitrogens with zero attached hydrogens (tertiary/aromatic N) is 1. The van der Waals surface area contributed by atoms with Gasteiger partial charge in [0, 0.05) is 4.85 Å². The maximum atomic E-state index is 10.6. The molecule has 0 aliphatic rings. The number of amides is 1. The van der Waals surface area contributed by atoms with Gasteiger partial charge < -0.3 is 10.5 Å². The van der Waals surface area contributed by atoms with Gasteiger partial charge in [0.05, 0.1) is 0 Å². The fourth-order valence-corrected chi connectivity index (χ4v) is 0.353. The van der Waals surface area contributed by atoms with E-state index in [1.165, 1.54) is 0 Å². The maximum Gasteiger partial charge on any atom is 0.542 e. The molecule has 0 rings (SSSR count). The third kappa shape index (κ3) is 2.75. The lowest BCUT2D eigenvalue weighted by Crippen LogP contribution is -2.39. The van der Waals surface area contributed by atoms with Crippen molar-refractivity contribution in [3.8, 4) is 6.57 Å². The Balaban J connectivity index is 4.05. The Labute approximate surface area is 62.9 Å². The molecule has 0 heterocycles. The van der Waals surface area contributed by atoms with Crippen LogP contribution in [0, 0.1) is 6.57 Å². The summed E-state index contributed by atoms with van der Waals surface area (Å²) in [7, 11) is 0. The van der Waals surface area contributed by atoms with E-state index < -0.39 is 17.9 Å². The Bertz CT molecular complexity index is 208. The van der Waals surface area contributed by atoms with Crippen LogP contribution in [0.15, 0.2) is 0 Å². The zero-order chi connectivity index (χ0) is 8.85. The molecule has 0 spiro atoms. The van der Waals surface area contributed by atoms with Gasteiger partial charge in [-0.1, -0.05) is 0 Å². The van der Waals surface area contributed by atoms with Gasteiger partial charge in [-0.25, -0.2) is 4.79 Å². The van der Waals surface area contributed by atoms with Gasteiger partial charge in [-0.15, -0.1) is 0 Å². The van der Waals surface area contributed by atoms with Crippen LogP contribution in [0.5, 0.6) is 0 Å². The first-order chi connectivity index (χ1) is 5.13. The Morgan fingerprint density at radius 1 is 1.64 bits per heavy atom. The SMILES string of the molecule is C#[N+]C(=O)C(N)C(=O)OCN. The quantitative estimate of drug-likeness (QED) is 0.288. The van der Waals surface area contributed by atoms with Gasteiger partial charge in [0.25, 0.3) is 6.57 Å². The van der Waals surface area contributed by atoms with Crippen LogP contribution in [-0.4, -0.2) is 24.6 Å². The summed E-state index contributed by atoms with van der Waals surface area (Å²) in [6, 6.07) is -1.47. The number of carbonyl (C=O) groups excluding carboxylic acids is 2. The summed E-state index contributed by atoms with van der Waals surface area (Å²) in [6.45, 7) is 4.23. The lowest BCUT2D eigenvalue weighted by molar-refractivity contribution is -0.146. The Hall–Kier alpha value is -1.45. The van der Waals surface area contributed by atoms with Crippen molar-refractivity contribution in [2.45, 2.75) is 6.04 Å². The highest BCUT2D eigenvalue weighted by molar-refractivity contribution is 6.06. The van der Waals surface area contributed by atoms with Crippen molar-refractivity contribution >= 4 is 11.9 Å². The van der Waals surface area contributed by atoms with E-state index in [4.69, 9.17) is 11.5 Å². The average Bonchev–Trinajstić information content (AvgIpc) is 2.02. The topological polar surface area (TPSA) is 99.8 Å². The monoisotopic (exact) mass is 158 g/mol. The van der Waals surface area contributed by atoms with Gasteiger partial charge in [-0.05, 0) is 0 Å². The summed E-state index contributed by atoms with van der Waals surface area (Å²) >= 11 is 0. The number of nitrogens with two attached hydrogens (primary N) is 2. The first kappa shape index (κ1) is 9.55. The summed E-state index contributed by atoms with van der Waals surface area (Å²) in [5, 5.41) is 0. The van der Waals surface area contributed by atoms with Crippen molar-refractivity contribution in [2.24, 2.45) is 11.5 Å². The first-order valence-corrected chi connectivity index (χ1v) is 2.70. The molecule has 0 aliphatic carbocycles. The lowest BCUT2D eigenvalue weighted by atomic mass is 10.3. The van der Waals surface area contributed by atoms with Crippen LogP contribution in [0.3, 0.4) is 0 Å². The largest absolute Gasteiger partial charge is 0.542 e. The van der Waals surface area contributed by atoms with E-state index in [0.717, 1.165) is 0 Å². The van der Waals surface area contributed by atoms with Gasteiger partial charge in [0.15, 0.2) is 0 Å². The standard InChI is InChI=1S/C5H8N3O3/c1-8-4(9)3(7)5(10)11-2-6/h1,3H,2,6-7H2/q+1. The maximum absolute atomic E-state index is 10.6. The number of esters is 1. The minimum absolute atomic E-state index is 0.329. The normalized spacial score (nSPS) is 11.4. The van der Waals surface area contributed by atoms with Crippen LogP contribution < -0.4 is 11.5 Å². The van der Waals surface area contributed by atoms with E-state index in [9.17, 15) is 9.59 Å². The van der Waals surface area contributed by atoms with Crippen LogP contribution in [0.1, 0.15) is 0 Å². The van der Waals surface area contributed by atoms with Crippen molar-refractivity contribution in [3.05, 3.63) is 4.85 Å². The first-order valence-electron chi connectivity index (χ1n) is 2.70. The molecule has 1 unspecified atom stereocenters. The Morgan fingerprint density at radius 2 is 2.18 bits per heavy atom. The lowest BCUT2D eigenvalue weighted by Gasteiger charge is -1.99. The molecule has 0 bridgehead atoms. The van der Waals surface area contributed by atoms with Crippen LogP contribution in [0.2, 0.25) is 0 Å². The number of ether oxygens (including phenoxy) is 1. The van der Waals surface area contributed by atoms with Crippen molar-refractivity contribution in [3.63, 3.8) is 0 Å². The minimum Gasteiger partial charge on any atom is -0.448 e. The van der Waals surface area contributed by atoms with E-state index in [1.54, 1.807) is 0 Å². The fourth-order valence-electron chi connectivity index (χ4n) is 0.353. The third-order valence-corrected chi connectivity index (χ3v) is 0.873. The zero-order valence-electron chi connectivity index (χ0n) is 5.69. The van der Waals surface area contributed by atoms with Crippen LogP contribution >= 0.6 is 0 Å². The van der Waals surface area contributed by atoms with E-state index in [-0.39, 0.29) is 6.73 Å². The van der Waals surface area contributed by atoms with Gasteiger partial charge in [-0.2, -0.15) is 4.79 Å². The number of hydrogen-bond donors (Lipinski definition) is 2. The molecule has 0 aliphatic heterocycles. The highest BCUT2D eigenvalue weighted by atomic mass is 16.5. The summed E-state index contributed by atoms with van der Waals surface area (Å²) in [5.41, 5.74) is 9.84. The zero-order valence-corrected chi connectivity index (χ0v) is 5.69. The molecule has 0 aromatic rings. The van der Waals surface area contributed by atoms with Crippen molar-refractivity contribution in [1.82, 2.24) is 0 Å². The number of hydrogen-bond acceptors (Lipinski definition) is 5. The molecule has 11 heavy (non-hydrogen) atoms. The van der Waals surface area contributed by atoms with Gasteiger partial charge in [0.2, 0.25) is 6.04 Å². The highest BCUT2D eigenvalue weighted by Crippen LogP contribution is 1.87. The predicted molar refractivity (Wildman–Crippen MR) is 36.4 cm³/mol. The summed E-state index contributed by atoms with van der Waals surface area (Å²) in [6.07, 6.45) is 0. The van der Waals surface area contributed by atoms with Crippen molar-refractivity contribution in [2.75, 3.05) is 6.73 Å². The second-order valence-corrected chi connectivity index (χ2v) is 1.58. The molecule has 6 nitrogen and oxygen atoms in total. The smallest absolute Gasteiger partial charge is 0.448 e. The molecule has 1 amide bonds. The van der Waals surface area contributed by atoms with E-state index >= 15 is 0 Å². The molecule has 0 saturated heterocycles. The molecular formula is C5H8N3O3+. The number of carbonyl (C=O) groups is 2. The van der Waals surface area contributed by atoms with Gasteiger partial charge in [0.1, 0.15) is 6.73 Å². The van der Waals surface area contributed by atoms with Crippen molar-refractivity contribution in [1.29, 1.82) is 0 Å². The summed E-state index contributed by atoms with van der Waals surface area (Å²) < 4.78 is 4.20. The molecular weight excluding hydrogens is 150 g/mol. The molecule has 4 N–H and O–H groups in total. The van der Waals surface area contributed by atoms with Crippen LogP contribution in [0.4, 0.5) is 0 Å². The highest BCUT2D eigenvalue weighted by Gasteiger charge is 2.31. The van der Waals surface area contributed by atoms with E-state index in [0.29, 0.717) is 0 Å².